The topological polar surface area (TPSA) is 93.6 Å². The average molecular weight is 521 g/mol. The molecule has 0 saturated carbocycles. The van der Waals surface area contributed by atoms with Crippen LogP contribution < -0.4 is 15.5 Å². The van der Waals surface area contributed by atoms with Crippen molar-refractivity contribution in [3.05, 3.63) is 82.0 Å². The third-order valence-electron chi connectivity index (χ3n) is 7.38. The molecule has 5 rings (SSSR count). The molecular weight excluding hydrogens is 488 g/mol. The molecule has 3 N–H and O–H groups in total. The molecule has 2 aromatic carbocycles. The number of rotatable bonds is 8. The Hall–Kier alpha value is -3.20. The molecule has 3 heterocycles. The Kier molecular flexibility index (Phi) is 7.60. The summed E-state index contributed by atoms with van der Waals surface area (Å²) in [6, 6.07) is 15.3. The summed E-state index contributed by atoms with van der Waals surface area (Å²) in [5.74, 6) is 0.890. The molecule has 1 amide bonds. The fourth-order valence-corrected chi connectivity index (χ4v) is 5.57. The standard InChI is InChI=1S/C28H33ClN6O2/c1-34-18-28(19-34)9-11-35(12-10-28)27-32-16-23(26(37)31-14-20-5-3-2-4-6-20)25(33-27)30-15-21-7-8-22(17-36)24(29)13-21/h2-8,13,16,36H,9-12,14-15,17-19H2,1H3,(H,31,37)(H,30,32,33). The van der Waals surface area contributed by atoms with Crippen LogP contribution in [-0.2, 0) is 19.7 Å². The van der Waals surface area contributed by atoms with E-state index in [0.717, 1.165) is 50.1 Å². The van der Waals surface area contributed by atoms with Crippen molar-refractivity contribution >= 4 is 29.3 Å². The zero-order chi connectivity index (χ0) is 25.8. The van der Waals surface area contributed by atoms with Crippen molar-refractivity contribution in [3.63, 3.8) is 0 Å². The smallest absolute Gasteiger partial charge is 0.256 e. The Balaban J connectivity index is 1.33. The van der Waals surface area contributed by atoms with Crippen LogP contribution in [0.15, 0.2) is 54.7 Å². The Morgan fingerprint density at radius 1 is 1.08 bits per heavy atom. The zero-order valence-electron chi connectivity index (χ0n) is 21.1. The lowest BCUT2D eigenvalue weighted by Crippen LogP contribution is -2.58. The molecule has 2 aliphatic heterocycles. The number of hydrogen-bond acceptors (Lipinski definition) is 7. The summed E-state index contributed by atoms with van der Waals surface area (Å²) in [5.41, 5.74) is 3.45. The average Bonchev–Trinajstić information content (AvgIpc) is 2.91. The molecular formula is C28H33ClN6O2. The molecule has 194 valence electrons. The van der Waals surface area contributed by atoms with Crippen molar-refractivity contribution in [1.82, 2.24) is 20.2 Å². The van der Waals surface area contributed by atoms with E-state index in [1.165, 1.54) is 0 Å². The van der Waals surface area contributed by atoms with E-state index in [4.69, 9.17) is 16.6 Å². The van der Waals surface area contributed by atoms with Gasteiger partial charge in [-0.1, -0.05) is 54.1 Å². The number of amides is 1. The highest BCUT2D eigenvalue weighted by atomic mass is 35.5. The Labute approximate surface area is 222 Å². The minimum absolute atomic E-state index is 0.110. The number of nitrogens with zero attached hydrogens (tertiary/aromatic N) is 4. The summed E-state index contributed by atoms with van der Waals surface area (Å²) < 4.78 is 0. The Morgan fingerprint density at radius 3 is 2.51 bits per heavy atom. The second-order valence-electron chi connectivity index (χ2n) is 10.2. The van der Waals surface area contributed by atoms with Gasteiger partial charge in [-0.2, -0.15) is 4.98 Å². The largest absolute Gasteiger partial charge is 0.392 e. The van der Waals surface area contributed by atoms with Gasteiger partial charge in [0.2, 0.25) is 5.95 Å². The SMILES string of the molecule is CN1CC2(CCN(c3ncc(C(=O)NCc4ccccc4)c(NCc4ccc(CO)c(Cl)c4)n3)CC2)C1. The molecule has 0 aliphatic carbocycles. The number of carbonyl (C=O) groups excluding carboxylic acids is 1. The number of aliphatic hydroxyl groups excluding tert-OH is 1. The first kappa shape index (κ1) is 25.4. The van der Waals surface area contributed by atoms with Crippen LogP contribution in [0.5, 0.6) is 0 Å². The van der Waals surface area contributed by atoms with Gasteiger partial charge in [0.1, 0.15) is 11.4 Å². The Bertz CT molecular complexity index is 1240. The van der Waals surface area contributed by atoms with Gasteiger partial charge >= 0.3 is 0 Å². The molecule has 0 radical (unpaired) electrons. The number of benzene rings is 2. The summed E-state index contributed by atoms with van der Waals surface area (Å²) in [4.78, 5) is 27.1. The first-order chi connectivity index (χ1) is 17.9. The number of aromatic nitrogens is 2. The maximum atomic E-state index is 13.1. The fourth-order valence-electron chi connectivity index (χ4n) is 5.31. The van der Waals surface area contributed by atoms with E-state index in [2.05, 4.69) is 32.5 Å². The van der Waals surface area contributed by atoms with E-state index >= 15 is 0 Å². The van der Waals surface area contributed by atoms with Gasteiger partial charge in [0, 0.05) is 50.5 Å². The van der Waals surface area contributed by atoms with E-state index in [-0.39, 0.29) is 12.5 Å². The first-order valence-corrected chi connectivity index (χ1v) is 13.1. The van der Waals surface area contributed by atoms with E-state index in [1.807, 2.05) is 42.5 Å². The molecule has 1 aromatic heterocycles. The first-order valence-electron chi connectivity index (χ1n) is 12.7. The van der Waals surface area contributed by atoms with Gasteiger partial charge in [-0.05, 0) is 48.1 Å². The van der Waals surface area contributed by atoms with Crippen molar-refractivity contribution in [3.8, 4) is 0 Å². The number of nitrogens with one attached hydrogen (secondary N) is 2. The number of anilines is 2. The van der Waals surface area contributed by atoms with Gasteiger partial charge in [-0.15, -0.1) is 0 Å². The number of halogens is 1. The highest BCUT2D eigenvalue weighted by molar-refractivity contribution is 6.31. The summed E-state index contributed by atoms with van der Waals surface area (Å²) >= 11 is 6.28. The molecule has 8 nitrogen and oxygen atoms in total. The van der Waals surface area contributed by atoms with Gasteiger partial charge < -0.3 is 25.5 Å². The number of likely N-dealkylation sites (tertiary alicyclic amines) is 1. The van der Waals surface area contributed by atoms with E-state index in [9.17, 15) is 9.90 Å². The van der Waals surface area contributed by atoms with Crippen molar-refractivity contribution in [1.29, 1.82) is 0 Å². The van der Waals surface area contributed by atoms with Gasteiger partial charge in [-0.25, -0.2) is 4.98 Å². The lowest BCUT2D eigenvalue weighted by Gasteiger charge is -2.52. The number of aliphatic hydroxyl groups is 1. The highest BCUT2D eigenvalue weighted by Crippen LogP contribution is 2.40. The number of piperidine rings is 1. The second-order valence-corrected chi connectivity index (χ2v) is 10.6. The van der Waals surface area contributed by atoms with Crippen LogP contribution in [-0.4, -0.2) is 59.1 Å². The summed E-state index contributed by atoms with van der Waals surface area (Å²) in [7, 11) is 2.17. The molecule has 9 heteroatoms. The quantitative estimate of drug-likeness (QED) is 0.417. The molecule has 1 spiro atoms. The maximum Gasteiger partial charge on any atom is 0.256 e. The summed E-state index contributed by atoms with van der Waals surface area (Å²) in [6.45, 7) is 4.87. The maximum absolute atomic E-state index is 13.1. The molecule has 0 unspecified atom stereocenters. The highest BCUT2D eigenvalue weighted by Gasteiger charge is 2.43. The van der Waals surface area contributed by atoms with E-state index in [1.54, 1.807) is 12.3 Å². The van der Waals surface area contributed by atoms with Crippen LogP contribution in [0.4, 0.5) is 11.8 Å². The number of hydrogen-bond donors (Lipinski definition) is 3. The molecule has 2 aliphatic rings. The van der Waals surface area contributed by atoms with Gasteiger partial charge in [0.15, 0.2) is 0 Å². The molecule has 2 fully saturated rings. The van der Waals surface area contributed by atoms with Gasteiger partial charge in [0.05, 0.1) is 6.61 Å². The molecule has 3 aromatic rings. The van der Waals surface area contributed by atoms with Crippen LogP contribution in [0.1, 0.15) is 39.9 Å². The monoisotopic (exact) mass is 520 g/mol. The predicted molar refractivity (Wildman–Crippen MR) is 146 cm³/mol. The number of carbonyl (C=O) groups is 1. The van der Waals surface area contributed by atoms with Crippen LogP contribution >= 0.6 is 11.6 Å². The summed E-state index contributed by atoms with van der Waals surface area (Å²) in [6.07, 6.45) is 3.87. The van der Waals surface area contributed by atoms with Gasteiger partial charge in [0.25, 0.3) is 5.91 Å². The van der Waals surface area contributed by atoms with Crippen molar-refractivity contribution in [2.45, 2.75) is 32.5 Å². The van der Waals surface area contributed by atoms with Crippen molar-refractivity contribution in [2.75, 3.05) is 43.4 Å². The molecule has 2 saturated heterocycles. The van der Waals surface area contributed by atoms with Crippen LogP contribution in [0, 0.1) is 5.41 Å². The zero-order valence-corrected chi connectivity index (χ0v) is 21.8. The Morgan fingerprint density at radius 2 is 1.84 bits per heavy atom. The predicted octanol–water partition coefficient (Wildman–Crippen LogP) is 3.70. The van der Waals surface area contributed by atoms with Crippen LogP contribution in [0.25, 0.3) is 0 Å². The fraction of sp³-hybridized carbons (Fsp3) is 0.393. The molecule has 37 heavy (non-hydrogen) atoms. The van der Waals surface area contributed by atoms with Crippen LogP contribution in [0.3, 0.4) is 0 Å². The summed E-state index contributed by atoms with van der Waals surface area (Å²) in [5, 5.41) is 16.2. The minimum Gasteiger partial charge on any atom is -0.392 e. The lowest BCUT2D eigenvalue weighted by molar-refractivity contribution is 0.00111. The third-order valence-corrected chi connectivity index (χ3v) is 7.73. The normalized spacial score (nSPS) is 16.9. The van der Waals surface area contributed by atoms with Crippen LogP contribution in [0.2, 0.25) is 5.02 Å². The molecule has 0 bridgehead atoms. The lowest BCUT2D eigenvalue weighted by atomic mass is 9.72. The van der Waals surface area contributed by atoms with Gasteiger partial charge in [-0.3, -0.25) is 4.79 Å². The van der Waals surface area contributed by atoms with E-state index < -0.39 is 0 Å². The van der Waals surface area contributed by atoms with E-state index in [0.29, 0.717) is 46.4 Å². The third kappa shape index (κ3) is 5.87. The second kappa shape index (κ2) is 11.0. The minimum atomic E-state index is -0.235. The van der Waals surface area contributed by atoms with Crippen molar-refractivity contribution in [2.24, 2.45) is 5.41 Å². The van der Waals surface area contributed by atoms with Crippen molar-refractivity contribution < 1.29 is 9.90 Å². The molecule has 0 atom stereocenters.